The van der Waals surface area contributed by atoms with Gasteiger partial charge >= 0.3 is 6.18 Å². The van der Waals surface area contributed by atoms with Crippen LogP contribution in [0.25, 0.3) is 5.69 Å². The summed E-state index contributed by atoms with van der Waals surface area (Å²) >= 11 is 0. The van der Waals surface area contributed by atoms with Crippen LogP contribution in [-0.2, 0) is 11.6 Å². The molecule has 8 heteroatoms. The Morgan fingerprint density at radius 3 is 2.30 bits per heavy atom. The minimum atomic E-state index is -4.43. The van der Waals surface area contributed by atoms with Gasteiger partial charge in [-0.25, -0.2) is 0 Å². The first kappa shape index (κ1) is 14.3. The molecule has 0 aliphatic heterocycles. The molecule has 0 aliphatic rings. The number of benzene rings is 1. The lowest BCUT2D eigenvalue weighted by molar-refractivity contribution is -0.137. The highest BCUT2D eigenvalue weighted by molar-refractivity contribution is 5.59. The molecule has 0 amide bonds. The van der Waals surface area contributed by atoms with E-state index in [2.05, 4.69) is 15.5 Å². The van der Waals surface area contributed by atoms with Crippen LogP contribution >= 0.6 is 0 Å². The zero-order chi connectivity index (χ0) is 15.1. The summed E-state index contributed by atoms with van der Waals surface area (Å²) in [5, 5.41) is 11.3. The Kier molecular flexibility index (Phi) is 3.19. The summed E-state index contributed by atoms with van der Waals surface area (Å²) in [7, 11) is 0. The number of nitrogen functional groups attached to an aromatic ring is 1. The quantitative estimate of drug-likeness (QED) is 0.817. The Balaban J connectivity index is 2.53. The molecule has 0 saturated heterocycles. The predicted octanol–water partition coefficient (Wildman–Crippen LogP) is 2.56. The van der Waals surface area contributed by atoms with E-state index >= 15 is 0 Å². The van der Waals surface area contributed by atoms with Crippen molar-refractivity contribution in [2.45, 2.75) is 32.4 Å². The fraction of sp³-hybridized carbons (Fsp3) is 0.417. The number of nitrogens with zero attached hydrogens (tertiary/aromatic N) is 4. The second-order valence-corrected chi connectivity index (χ2v) is 5.44. The Morgan fingerprint density at radius 1 is 1.15 bits per heavy atom. The van der Waals surface area contributed by atoms with Crippen molar-refractivity contribution in [2.24, 2.45) is 0 Å². The second-order valence-electron chi connectivity index (χ2n) is 5.44. The maximum Gasteiger partial charge on any atom is 0.416 e. The summed E-state index contributed by atoms with van der Waals surface area (Å²) in [4.78, 5) is 0. The molecule has 0 radical (unpaired) electrons. The number of hydrogen-bond acceptors (Lipinski definition) is 4. The van der Waals surface area contributed by atoms with E-state index in [-0.39, 0.29) is 11.1 Å². The molecule has 0 aliphatic carbocycles. The van der Waals surface area contributed by atoms with Crippen LogP contribution in [0.1, 0.15) is 32.2 Å². The van der Waals surface area contributed by atoms with E-state index in [0.29, 0.717) is 11.5 Å². The fourth-order valence-corrected chi connectivity index (χ4v) is 1.74. The maximum atomic E-state index is 12.6. The Bertz CT molecular complexity index is 625. The molecule has 0 fully saturated rings. The zero-order valence-corrected chi connectivity index (χ0v) is 11.2. The molecule has 0 unspecified atom stereocenters. The number of halogens is 3. The van der Waals surface area contributed by atoms with Crippen LogP contribution in [0, 0.1) is 0 Å². The van der Waals surface area contributed by atoms with Gasteiger partial charge < -0.3 is 5.73 Å². The molecule has 0 spiro atoms. The highest BCUT2D eigenvalue weighted by Gasteiger charge is 2.31. The number of anilines is 1. The summed E-state index contributed by atoms with van der Waals surface area (Å²) in [5.74, 6) is 0.518. The molecular weight excluding hydrogens is 271 g/mol. The molecule has 5 nitrogen and oxygen atoms in total. The van der Waals surface area contributed by atoms with Gasteiger partial charge in [0.2, 0.25) is 0 Å². The van der Waals surface area contributed by atoms with Crippen LogP contribution in [-0.4, -0.2) is 20.2 Å². The zero-order valence-electron chi connectivity index (χ0n) is 11.2. The summed E-state index contributed by atoms with van der Waals surface area (Å²) in [6.07, 6.45) is -4.43. The number of hydrogen-bond donors (Lipinski definition) is 1. The van der Waals surface area contributed by atoms with Crippen molar-refractivity contribution >= 4 is 5.69 Å². The summed E-state index contributed by atoms with van der Waals surface area (Å²) < 4.78 is 39.2. The lowest BCUT2D eigenvalue weighted by Crippen LogP contribution is -2.19. The van der Waals surface area contributed by atoms with Gasteiger partial charge in [0.1, 0.15) is 0 Å². The summed E-state index contributed by atoms with van der Waals surface area (Å²) in [6.45, 7) is 5.69. The lowest BCUT2D eigenvalue weighted by atomic mass is 9.95. The van der Waals surface area contributed by atoms with Gasteiger partial charge in [0.05, 0.1) is 16.9 Å². The molecule has 20 heavy (non-hydrogen) atoms. The SMILES string of the molecule is CC(C)(C)c1nnnn1-c1ccc(C(F)(F)F)cc1N. The van der Waals surface area contributed by atoms with Crippen LogP contribution in [0.5, 0.6) is 0 Å². The minimum absolute atomic E-state index is 0.0300. The first-order valence-corrected chi connectivity index (χ1v) is 5.86. The normalized spacial score (nSPS) is 12.7. The van der Waals surface area contributed by atoms with E-state index in [1.165, 1.54) is 10.7 Å². The smallest absolute Gasteiger partial charge is 0.397 e. The largest absolute Gasteiger partial charge is 0.416 e. The van der Waals surface area contributed by atoms with Gasteiger partial charge in [-0.05, 0) is 28.6 Å². The summed E-state index contributed by atoms with van der Waals surface area (Å²) in [6, 6.07) is 3.10. The molecule has 1 aromatic heterocycles. The average molecular weight is 285 g/mol. The van der Waals surface area contributed by atoms with Crippen LogP contribution in [0.3, 0.4) is 0 Å². The van der Waals surface area contributed by atoms with Gasteiger partial charge in [0.25, 0.3) is 0 Å². The Labute approximate surface area is 113 Å². The number of rotatable bonds is 1. The van der Waals surface area contributed by atoms with Crippen LogP contribution in [0.15, 0.2) is 18.2 Å². The van der Waals surface area contributed by atoms with E-state index in [9.17, 15) is 13.2 Å². The van der Waals surface area contributed by atoms with Gasteiger partial charge in [0, 0.05) is 5.41 Å². The maximum absolute atomic E-state index is 12.6. The molecule has 0 bridgehead atoms. The third-order valence-corrected chi connectivity index (χ3v) is 2.72. The van der Waals surface area contributed by atoms with Crippen molar-refractivity contribution < 1.29 is 13.2 Å². The van der Waals surface area contributed by atoms with Crippen molar-refractivity contribution in [2.75, 3.05) is 5.73 Å². The third-order valence-electron chi connectivity index (χ3n) is 2.72. The van der Waals surface area contributed by atoms with Crippen molar-refractivity contribution in [3.63, 3.8) is 0 Å². The first-order valence-electron chi connectivity index (χ1n) is 5.86. The molecule has 2 N–H and O–H groups in total. The van der Waals surface area contributed by atoms with Crippen LogP contribution in [0.4, 0.5) is 18.9 Å². The van der Waals surface area contributed by atoms with Crippen molar-refractivity contribution in [1.82, 2.24) is 20.2 Å². The van der Waals surface area contributed by atoms with Crippen molar-refractivity contribution in [3.8, 4) is 5.69 Å². The highest BCUT2D eigenvalue weighted by atomic mass is 19.4. The molecule has 1 aromatic carbocycles. The van der Waals surface area contributed by atoms with Gasteiger partial charge in [-0.15, -0.1) is 5.10 Å². The lowest BCUT2D eigenvalue weighted by Gasteiger charge is -2.18. The number of nitrogens with two attached hydrogens (primary N) is 1. The minimum Gasteiger partial charge on any atom is -0.397 e. The van der Waals surface area contributed by atoms with Gasteiger partial charge in [0.15, 0.2) is 5.82 Å². The standard InChI is InChI=1S/C12H14F3N5/c1-11(2,3)10-17-18-19-20(10)9-5-4-7(6-8(9)16)12(13,14)15/h4-6H,16H2,1-3H3. The van der Waals surface area contributed by atoms with Crippen molar-refractivity contribution in [3.05, 3.63) is 29.6 Å². The molecule has 0 atom stereocenters. The van der Waals surface area contributed by atoms with E-state index in [1.54, 1.807) is 0 Å². The molecule has 2 aromatic rings. The first-order chi connectivity index (χ1) is 9.10. The topological polar surface area (TPSA) is 69.6 Å². The number of alkyl halides is 3. The van der Waals surface area contributed by atoms with Crippen LogP contribution < -0.4 is 5.73 Å². The molecular formula is C12H14F3N5. The number of aromatic nitrogens is 4. The van der Waals surface area contributed by atoms with E-state index in [0.717, 1.165) is 12.1 Å². The van der Waals surface area contributed by atoms with Gasteiger partial charge in [-0.1, -0.05) is 20.8 Å². The fourth-order valence-electron chi connectivity index (χ4n) is 1.74. The highest BCUT2D eigenvalue weighted by Crippen LogP contribution is 2.33. The van der Waals surface area contributed by atoms with Gasteiger partial charge in [-0.3, -0.25) is 0 Å². The van der Waals surface area contributed by atoms with Gasteiger partial charge in [-0.2, -0.15) is 17.9 Å². The molecule has 1 heterocycles. The second kappa shape index (κ2) is 4.46. The van der Waals surface area contributed by atoms with E-state index < -0.39 is 11.7 Å². The van der Waals surface area contributed by atoms with Crippen molar-refractivity contribution in [1.29, 1.82) is 0 Å². The molecule has 108 valence electrons. The van der Waals surface area contributed by atoms with E-state index in [1.807, 2.05) is 20.8 Å². The number of tetrazole rings is 1. The molecule has 2 rings (SSSR count). The predicted molar refractivity (Wildman–Crippen MR) is 67.3 cm³/mol. The Hall–Kier alpha value is -2.12. The average Bonchev–Trinajstić information content (AvgIpc) is 2.75. The molecule has 0 saturated carbocycles. The monoisotopic (exact) mass is 285 g/mol. The third kappa shape index (κ3) is 2.59. The van der Waals surface area contributed by atoms with E-state index in [4.69, 9.17) is 5.73 Å². The summed E-state index contributed by atoms with van der Waals surface area (Å²) in [5.41, 5.74) is 4.84. The Morgan fingerprint density at radius 2 is 1.80 bits per heavy atom. The van der Waals surface area contributed by atoms with Crippen LogP contribution in [0.2, 0.25) is 0 Å².